The summed E-state index contributed by atoms with van der Waals surface area (Å²) in [7, 11) is 0. The molecule has 0 aromatic carbocycles. The van der Waals surface area contributed by atoms with Gasteiger partial charge in [-0.25, -0.2) is 0 Å². The number of fused-ring (bicyclic) bond motifs is 2. The van der Waals surface area contributed by atoms with E-state index in [2.05, 4.69) is 10.2 Å². The smallest absolute Gasteiger partial charge is 0.311 e. The van der Waals surface area contributed by atoms with Gasteiger partial charge in [-0.05, 0) is 59.0 Å². The lowest BCUT2D eigenvalue weighted by atomic mass is 9.82. The van der Waals surface area contributed by atoms with Crippen LogP contribution in [0, 0.1) is 17.8 Å². The molecular formula is C55H86N2O18. The van der Waals surface area contributed by atoms with E-state index in [9.17, 15) is 70.6 Å². The predicted octanol–water partition coefficient (Wildman–Crippen LogP) is 1.75. The first-order valence-corrected chi connectivity index (χ1v) is 26.5. The number of cyclic esters (lactones) is 1. The number of likely N-dealkylation sites (tertiary alicyclic amines) is 1. The maximum absolute atomic E-state index is 13.1. The van der Waals surface area contributed by atoms with E-state index >= 15 is 0 Å². The zero-order valence-corrected chi connectivity index (χ0v) is 43.8. The molecule has 4 heterocycles. The number of esters is 1. The lowest BCUT2D eigenvalue weighted by Crippen LogP contribution is -2.64. The lowest BCUT2D eigenvalue weighted by molar-refractivity contribution is -0.309. The molecule has 3 saturated heterocycles. The molecule has 0 spiro atoms. The van der Waals surface area contributed by atoms with Crippen LogP contribution in [0.5, 0.6) is 0 Å². The number of hydrogen-bond donors (Lipinski definition) is 12. The average Bonchev–Trinajstić information content (AvgIpc) is 3.34. The highest BCUT2D eigenvalue weighted by Crippen LogP contribution is 2.38. The Kier molecular flexibility index (Phi) is 27.2. The molecule has 19 atom stereocenters. The third-order valence-corrected chi connectivity index (χ3v) is 14.4. The maximum Gasteiger partial charge on any atom is 0.311 e. The van der Waals surface area contributed by atoms with Crippen molar-refractivity contribution in [2.24, 2.45) is 17.8 Å². The highest BCUT2D eigenvalue weighted by Gasteiger charge is 2.51. The molecule has 75 heavy (non-hydrogen) atoms. The number of rotatable bonds is 7. The number of amides is 1. The molecule has 0 aromatic rings. The topological polar surface area (TPSA) is 326 Å². The van der Waals surface area contributed by atoms with Crippen LogP contribution >= 0.6 is 0 Å². The van der Waals surface area contributed by atoms with Gasteiger partial charge in [0, 0.05) is 50.5 Å². The van der Waals surface area contributed by atoms with Crippen molar-refractivity contribution in [2.75, 3.05) is 19.6 Å². The number of carboxylic acid groups (broad SMARTS) is 1. The van der Waals surface area contributed by atoms with Gasteiger partial charge in [0.05, 0.1) is 73.5 Å². The number of nitrogens with one attached hydrogen (secondary N) is 1. The number of nitrogens with zero attached hydrogens (tertiary/aromatic N) is 1. The number of aliphatic hydroxyl groups excluding tert-OH is 9. The van der Waals surface area contributed by atoms with Gasteiger partial charge in [-0.3, -0.25) is 14.4 Å². The molecule has 0 unspecified atom stereocenters. The van der Waals surface area contributed by atoms with Crippen molar-refractivity contribution in [1.82, 2.24) is 10.2 Å². The Hall–Kier alpha value is -3.97. The van der Waals surface area contributed by atoms with Crippen LogP contribution in [0.25, 0.3) is 0 Å². The fourth-order valence-electron chi connectivity index (χ4n) is 9.81. The van der Waals surface area contributed by atoms with E-state index in [1.807, 2.05) is 19.1 Å². The van der Waals surface area contributed by atoms with Gasteiger partial charge >= 0.3 is 11.9 Å². The number of carbonyl (C=O) groups is 3. The van der Waals surface area contributed by atoms with Crippen molar-refractivity contribution in [3.8, 4) is 0 Å². The van der Waals surface area contributed by atoms with Crippen LogP contribution in [-0.2, 0) is 33.3 Å². The van der Waals surface area contributed by atoms with Crippen molar-refractivity contribution < 1.29 is 89.5 Å². The Morgan fingerprint density at radius 1 is 0.680 bits per heavy atom. The van der Waals surface area contributed by atoms with Crippen molar-refractivity contribution in [3.63, 3.8) is 0 Å². The van der Waals surface area contributed by atoms with E-state index < -0.39 is 153 Å². The standard InChI is InChI=1S/C55H86N2O18/c1-34-20-16-13-11-9-7-5-6-8-10-12-14-17-21-41(74-54-52(68)49(51(67)37(4)73-54)56-46(64)24-27-57-25-18-15-19-26-57)31-45-48(53(69)70)44(63)33-55(71,75-45)32-40(60)29-43(62)42(61)23-22-38(58)28-39(59)30-47(65)72-36(3)35(2)50(34)66/h5-14,16-17,20-21,34-45,48-52,54,58-63,66-68,71H,15,18-19,22-33H2,1-4H3,(H,56,64)(H,69,70)/b6-5-,9-7-,10-8-,13-11-,14-12-,20-16-,21-17-/t34-,35-,36-,37+,38+,39+,40-,41-,42+,43+,44-,45-,48+,49-,50+,51+,52-,54-,55+/m0/s1. The summed E-state index contributed by atoms with van der Waals surface area (Å²) in [6, 6.07) is -1.21. The van der Waals surface area contributed by atoms with Gasteiger partial charge in [0.15, 0.2) is 12.1 Å². The molecule has 4 rings (SSSR count). The average molecular weight is 1060 g/mol. The molecule has 20 nitrogen and oxygen atoms in total. The fourth-order valence-corrected chi connectivity index (χ4v) is 9.81. The molecular weight excluding hydrogens is 977 g/mol. The minimum Gasteiger partial charge on any atom is -0.481 e. The van der Waals surface area contributed by atoms with Gasteiger partial charge in [0.25, 0.3) is 0 Å². The number of ether oxygens (including phenoxy) is 4. The van der Waals surface area contributed by atoms with Gasteiger partial charge in [0.1, 0.15) is 24.2 Å². The Labute approximate surface area is 441 Å². The molecule has 0 radical (unpaired) electrons. The van der Waals surface area contributed by atoms with Gasteiger partial charge < -0.3 is 85.3 Å². The number of allylic oxidation sites excluding steroid dienone is 12. The fraction of sp³-hybridized carbons (Fsp3) is 0.691. The Morgan fingerprint density at radius 2 is 1.28 bits per heavy atom. The Bertz CT molecular complexity index is 1950. The van der Waals surface area contributed by atoms with Crippen molar-refractivity contribution >= 4 is 17.8 Å². The molecule has 2 bridgehead atoms. The minimum atomic E-state index is -2.37. The molecule has 1 amide bonds. The maximum atomic E-state index is 13.1. The van der Waals surface area contributed by atoms with E-state index in [-0.39, 0.29) is 38.0 Å². The van der Waals surface area contributed by atoms with Gasteiger partial charge in [-0.1, -0.05) is 105 Å². The summed E-state index contributed by atoms with van der Waals surface area (Å²) >= 11 is 0. The van der Waals surface area contributed by atoms with E-state index in [0.29, 0.717) is 6.54 Å². The second-order valence-electron chi connectivity index (χ2n) is 20.7. The first-order valence-electron chi connectivity index (χ1n) is 26.5. The van der Waals surface area contributed by atoms with Crippen LogP contribution < -0.4 is 5.32 Å². The summed E-state index contributed by atoms with van der Waals surface area (Å²) in [5.74, 6) is -7.35. The van der Waals surface area contributed by atoms with Crippen LogP contribution in [0.4, 0.5) is 0 Å². The van der Waals surface area contributed by atoms with Crippen LogP contribution in [0.1, 0.15) is 105 Å². The Morgan fingerprint density at radius 3 is 1.89 bits per heavy atom. The highest BCUT2D eigenvalue weighted by atomic mass is 16.7. The predicted molar refractivity (Wildman–Crippen MR) is 276 cm³/mol. The SMILES string of the molecule is C[C@@H]1[C@H](O)[C@@H](C)\C=C/C=C\C=C/C=C\C=C/C=C\C=C/[C@H](O[C@@H]2O[C@H](C)[C@@H](O)[C@H](NC(=O)CCN3CCCCC3)[C@@H]2O)C[C@@H]2O[C@](O)(C[C@@H](O)C[C@@H](O)[C@H](O)CC[C@@H](O)C[C@@H](O)CC(=O)O[C@H]1C)C[C@H](O)[C@H]2C(=O)O. The van der Waals surface area contributed by atoms with Gasteiger partial charge in [-0.2, -0.15) is 0 Å². The monoisotopic (exact) mass is 1060 g/mol. The molecule has 4 aliphatic heterocycles. The summed E-state index contributed by atoms with van der Waals surface area (Å²) in [5, 5.41) is 123. The van der Waals surface area contributed by atoms with Crippen molar-refractivity contribution in [3.05, 3.63) is 85.1 Å². The number of piperidine rings is 1. The molecule has 0 aliphatic carbocycles. The summed E-state index contributed by atoms with van der Waals surface area (Å²) in [6.07, 6.45) is 5.93. The normalized spacial score (nSPS) is 42.4. The largest absolute Gasteiger partial charge is 0.481 e. The minimum absolute atomic E-state index is 0.119. The second kappa shape index (κ2) is 32.1. The summed E-state index contributed by atoms with van der Waals surface area (Å²) < 4.78 is 23.7. The number of carboxylic acids is 1. The number of carbonyl (C=O) groups excluding carboxylic acids is 2. The molecule has 4 aliphatic rings. The Balaban J connectivity index is 1.57. The van der Waals surface area contributed by atoms with Crippen LogP contribution in [0.2, 0.25) is 0 Å². The van der Waals surface area contributed by atoms with E-state index in [1.165, 1.54) is 13.0 Å². The molecule has 0 aromatic heterocycles. The van der Waals surface area contributed by atoms with Crippen LogP contribution in [0.3, 0.4) is 0 Å². The molecule has 12 N–H and O–H groups in total. The first-order chi connectivity index (χ1) is 35.6. The molecule has 20 heteroatoms. The molecule has 424 valence electrons. The van der Waals surface area contributed by atoms with Crippen LogP contribution in [-0.4, -0.2) is 196 Å². The molecule has 0 saturated carbocycles. The third kappa shape index (κ3) is 21.8. The van der Waals surface area contributed by atoms with Crippen LogP contribution in [0.15, 0.2) is 85.1 Å². The number of hydrogen-bond acceptors (Lipinski definition) is 18. The van der Waals surface area contributed by atoms with E-state index in [0.717, 1.165) is 32.4 Å². The van der Waals surface area contributed by atoms with Crippen molar-refractivity contribution in [1.29, 1.82) is 0 Å². The quantitative estimate of drug-likeness (QED) is 0.162. The zero-order chi connectivity index (χ0) is 55.2. The highest BCUT2D eigenvalue weighted by molar-refractivity contribution is 5.76. The lowest BCUT2D eigenvalue weighted by Gasteiger charge is -2.45. The third-order valence-electron chi connectivity index (χ3n) is 14.4. The van der Waals surface area contributed by atoms with Crippen molar-refractivity contribution in [2.45, 2.75) is 202 Å². The van der Waals surface area contributed by atoms with E-state index in [1.54, 1.807) is 80.7 Å². The summed E-state index contributed by atoms with van der Waals surface area (Å²) in [4.78, 5) is 40.7. The first kappa shape index (κ1) is 63.6. The second-order valence-corrected chi connectivity index (χ2v) is 20.7. The van der Waals surface area contributed by atoms with Gasteiger partial charge in [0.2, 0.25) is 5.91 Å². The van der Waals surface area contributed by atoms with Gasteiger partial charge in [-0.15, -0.1) is 0 Å². The number of aliphatic hydroxyl groups is 10. The summed E-state index contributed by atoms with van der Waals surface area (Å²) in [5.41, 5.74) is 0. The number of aliphatic carboxylic acids is 1. The summed E-state index contributed by atoms with van der Waals surface area (Å²) in [6.45, 7) is 9.01. The zero-order valence-electron chi connectivity index (χ0n) is 43.8. The van der Waals surface area contributed by atoms with E-state index in [4.69, 9.17) is 18.9 Å². The molecule has 3 fully saturated rings.